The molecular weight excluding hydrogens is 166 g/mol. The Hall–Kier alpha value is -0.280. The smallest absolute Gasteiger partial charge is 0.223 e. The minimum atomic E-state index is -0.120. The quantitative estimate of drug-likeness (QED) is 0.637. The summed E-state index contributed by atoms with van der Waals surface area (Å²) in [6.45, 7) is 1.77. The minimum Gasteiger partial charge on any atom is -0.394 e. The Bertz CT molecular complexity index is 130. The summed E-state index contributed by atoms with van der Waals surface area (Å²) in [7, 11) is 1.66. The van der Waals surface area contributed by atoms with Gasteiger partial charge in [-0.05, 0) is 6.92 Å². The van der Waals surface area contributed by atoms with Crippen LogP contribution in [0.2, 0.25) is 0 Å². The van der Waals surface area contributed by atoms with E-state index in [4.69, 9.17) is 16.7 Å². The maximum Gasteiger partial charge on any atom is 0.223 e. The van der Waals surface area contributed by atoms with E-state index >= 15 is 0 Å². The molecule has 0 aliphatic rings. The number of hydrogen-bond acceptors (Lipinski definition) is 2. The van der Waals surface area contributed by atoms with Crippen LogP contribution in [-0.4, -0.2) is 41.5 Å². The highest BCUT2D eigenvalue weighted by Gasteiger charge is 2.13. The van der Waals surface area contributed by atoms with Crippen molar-refractivity contribution in [1.82, 2.24) is 4.90 Å². The predicted octanol–water partition coefficient (Wildman–Crippen LogP) is 0.454. The number of aliphatic hydroxyl groups excluding tert-OH is 1. The molecule has 0 saturated carbocycles. The van der Waals surface area contributed by atoms with E-state index in [1.807, 2.05) is 0 Å². The number of likely N-dealkylation sites (N-methyl/N-ethyl adjacent to an activating group) is 1. The topological polar surface area (TPSA) is 40.5 Å². The molecule has 1 atom stereocenters. The van der Waals surface area contributed by atoms with Gasteiger partial charge in [0.25, 0.3) is 0 Å². The second-order valence-electron chi connectivity index (χ2n) is 2.48. The number of alkyl halides is 1. The average molecular weight is 180 g/mol. The lowest BCUT2D eigenvalue weighted by Crippen LogP contribution is -2.37. The minimum absolute atomic E-state index is 0.00940. The number of aliphatic hydroxyl groups is 1. The number of rotatable bonds is 4. The standard InChI is InChI=1S/C7H14ClNO2/c1-6(5-10)9(2)7(11)3-4-8/h6,10H,3-5H2,1-2H3. The third-order valence-corrected chi connectivity index (χ3v) is 1.82. The van der Waals surface area contributed by atoms with Gasteiger partial charge in [-0.25, -0.2) is 0 Å². The van der Waals surface area contributed by atoms with E-state index in [2.05, 4.69) is 0 Å². The van der Waals surface area contributed by atoms with E-state index < -0.39 is 0 Å². The number of hydrogen-bond donors (Lipinski definition) is 1. The van der Waals surface area contributed by atoms with Crippen LogP contribution in [0, 0.1) is 0 Å². The highest BCUT2D eigenvalue weighted by molar-refractivity contribution is 6.18. The molecule has 0 fully saturated rings. The highest BCUT2D eigenvalue weighted by Crippen LogP contribution is 1.98. The molecule has 1 unspecified atom stereocenters. The van der Waals surface area contributed by atoms with Gasteiger partial charge in [-0.1, -0.05) is 0 Å². The van der Waals surface area contributed by atoms with E-state index in [-0.39, 0.29) is 18.6 Å². The lowest BCUT2D eigenvalue weighted by molar-refractivity contribution is -0.131. The van der Waals surface area contributed by atoms with Gasteiger partial charge < -0.3 is 10.0 Å². The molecule has 0 spiro atoms. The van der Waals surface area contributed by atoms with Gasteiger partial charge >= 0.3 is 0 Å². The Morgan fingerprint density at radius 3 is 2.64 bits per heavy atom. The average Bonchev–Trinajstić information content (AvgIpc) is 2.02. The summed E-state index contributed by atoms with van der Waals surface area (Å²) in [5, 5.41) is 8.70. The van der Waals surface area contributed by atoms with E-state index in [0.717, 1.165) is 0 Å². The summed E-state index contributed by atoms with van der Waals surface area (Å²) >= 11 is 5.38. The summed E-state index contributed by atoms with van der Waals surface area (Å²) in [6.07, 6.45) is 0.336. The molecule has 3 nitrogen and oxygen atoms in total. The largest absolute Gasteiger partial charge is 0.394 e. The van der Waals surface area contributed by atoms with Crippen molar-refractivity contribution in [2.45, 2.75) is 19.4 Å². The summed E-state index contributed by atoms with van der Waals surface area (Å²) in [5.41, 5.74) is 0. The molecule has 0 radical (unpaired) electrons. The van der Waals surface area contributed by atoms with Crippen molar-refractivity contribution in [2.24, 2.45) is 0 Å². The Labute approximate surface area is 71.9 Å². The van der Waals surface area contributed by atoms with Gasteiger partial charge in [-0.3, -0.25) is 4.79 Å². The van der Waals surface area contributed by atoms with Crippen molar-refractivity contribution in [3.05, 3.63) is 0 Å². The molecule has 1 amide bonds. The van der Waals surface area contributed by atoms with Crippen molar-refractivity contribution < 1.29 is 9.90 Å². The van der Waals surface area contributed by atoms with Crippen LogP contribution in [0.15, 0.2) is 0 Å². The van der Waals surface area contributed by atoms with Gasteiger partial charge in [0.05, 0.1) is 12.6 Å². The molecule has 4 heteroatoms. The molecule has 0 heterocycles. The maximum atomic E-state index is 11.1. The van der Waals surface area contributed by atoms with Crippen molar-refractivity contribution in [1.29, 1.82) is 0 Å². The fraction of sp³-hybridized carbons (Fsp3) is 0.857. The van der Waals surface area contributed by atoms with Crippen LogP contribution >= 0.6 is 11.6 Å². The molecule has 0 aliphatic carbocycles. The molecule has 0 saturated heterocycles. The van der Waals surface area contributed by atoms with Gasteiger partial charge in [-0.15, -0.1) is 11.6 Å². The van der Waals surface area contributed by atoms with Crippen molar-refractivity contribution >= 4 is 17.5 Å². The van der Waals surface area contributed by atoms with E-state index in [1.54, 1.807) is 14.0 Å². The first-order valence-electron chi connectivity index (χ1n) is 3.56. The summed E-state index contributed by atoms with van der Waals surface area (Å²) in [5.74, 6) is 0.308. The molecule has 11 heavy (non-hydrogen) atoms. The Morgan fingerprint density at radius 2 is 2.27 bits per heavy atom. The van der Waals surface area contributed by atoms with Crippen molar-refractivity contribution in [3.8, 4) is 0 Å². The number of carbonyl (C=O) groups is 1. The SMILES string of the molecule is CC(CO)N(C)C(=O)CCCl. The molecule has 0 aromatic carbocycles. The highest BCUT2D eigenvalue weighted by atomic mass is 35.5. The van der Waals surface area contributed by atoms with Crippen LogP contribution in [-0.2, 0) is 4.79 Å². The van der Waals surface area contributed by atoms with Gasteiger partial charge in [0.1, 0.15) is 0 Å². The Morgan fingerprint density at radius 1 is 1.73 bits per heavy atom. The van der Waals surface area contributed by atoms with Crippen LogP contribution in [0.5, 0.6) is 0 Å². The third kappa shape index (κ3) is 3.58. The molecular formula is C7H14ClNO2. The van der Waals surface area contributed by atoms with Gasteiger partial charge in [0, 0.05) is 19.3 Å². The third-order valence-electron chi connectivity index (χ3n) is 1.63. The van der Waals surface area contributed by atoms with Crippen LogP contribution in [0.1, 0.15) is 13.3 Å². The normalized spacial score (nSPS) is 12.7. The van der Waals surface area contributed by atoms with Crippen LogP contribution in [0.25, 0.3) is 0 Å². The Kier molecular flexibility index (Phi) is 5.24. The van der Waals surface area contributed by atoms with Gasteiger partial charge in [0.15, 0.2) is 0 Å². The van der Waals surface area contributed by atoms with E-state index in [1.165, 1.54) is 4.90 Å². The first-order valence-corrected chi connectivity index (χ1v) is 4.09. The maximum absolute atomic E-state index is 11.1. The molecule has 1 N–H and O–H groups in total. The molecule has 0 bridgehead atoms. The Balaban J connectivity index is 3.80. The van der Waals surface area contributed by atoms with E-state index in [9.17, 15) is 4.79 Å². The first-order chi connectivity index (χ1) is 5.13. The van der Waals surface area contributed by atoms with Crippen LogP contribution < -0.4 is 0 Å². The van der Waals surface area contributed by atoms with Gasteiger partial charge in [-0.2, -0.15) is 0 Å². The van der Waals surface area contributed by atoms with Crippen molar-refractivity contribution in [2.75, 3.05) is 19.5 Å². The molecule has 66 valence electrons. The summed E-state index contributed by atoms with van der Waals surface area (Å²) < 4.78 is 0. The van der Waals surface area contributed by atoms with Crippen LogP contribution in [0.3, 0.4) is 0 Å². The zero-order valence-electron chi connectivity index (χ0n) is 6.88. The molecule has 0 aliphatic heterocycles. The second-order valence-corrected chi connectivity index (χ2v) is 2.85. The molecule has 0 aromatic heterocycles. The van der Waals surface area contributed by atoms with Gasteiger partial charge in [0.2, 0.25) is 5.91 Å². The van der Waals surface area contributed by atoms with E-state index in [0.29, 0.717) is 12.3 Å². The lowest BCUT2D eigenvalue weighted by atomic mass is 10.3. The second kappa shape index (κ2) is 5.38. The fourth-order valence-corrected chi connectivity index (χ4v) is 0.787. The molecule has 0 rings (SSSR count). The number of amides is 1. The zero-order chi connectivity index (χ0) is 8.85. The number of nitrogens with zero attached hydrogens (tertiary/aromatic N) is 1. The summed E-state index contributed by atoms with van der Waals surface area (Å²) in [6, 6.07) is -0.120. The monoisotopic (exact) mass is 179 g/mol. The summed E-state index contributed by atoms with van der Waals surface area (Å²) in [4.78, 5) is 12.6. The lowest BCUT2D eigenvalue weighted by Gasteiger charge is -2.22. The van der Waals surface area contributed by atoms with Crippen LogP contribution in [0.4, 0.5) is 0 Å². The molecule has 0 aromatic rings. The first kappa shape index (κ1) is 10.7. The predicted molar refractivity (Wildman–Crippen MR) is 44.7 cm³/mol. The number of carbonyl (C=O) groups excluding carboxylic acids is 1. The number of halogens is 1. The zero-order valence-corrected chi connectivity index (χ0v) is 7.64. The van der Waals surface area contributed by atoms with Crippen molar-refractivity contribution in [3.63, 3.8) is 0 Å². The fourth-order valence-electron chi connectivity index (χ4n) is 0.625.